The highest BCUT2D eigenvalue weighted by atomic mass is 32.1. The van der Waals surface area contributed by atoms with Gasteiger partial charge in [0.1, 0.15) is 17.3 Å². The maximum absolute atomic E-state index is 5.31. The van der Waals surface area contributed by atoms with E-state index in [2.05, 4.69) is 45.9 Å². The summed E-state index contributed by atoms with van der Waals surface area (Å²) in [6.07, 6.45) is 5.12. The topological polar surface area (TPSA) is 50.3 Å². The smallest absolute Gasteiger partial charge is 0.158 e. The summed E-state index contributed by atoms with van der Waals surface area (Å²) in [5.74, 6) is 1.71. The summed E-state index contributed by atoms with van der Waals surface area (Å²) in [5.41, 5.74) is 2.42. The molecule has 1 N–H and O–H groups in total. The molecule has 1 aromatic carbocycles. The third kappa shape index (κ3) is 3.64. The van der Waals surface area contributed by atoms with E-state index < -0.39 is 0 Å². The van der Waals surface area contributed by atoms with Crippen molar-refractivity contribution >= 4 is 27.4 Å². The Hall–Kier alpha value is -2.02. The third-order valence-electron chi connectivity index (χ3n) is 5.77. The van der Waals surface area contributed by atoms with Gasteiger partial charge in [0.05, 0.1) is 5.39 Å². The van der Waals surface area contributed by atoms with Crippen LogP contribution >= 0.6 is 11.3 Å². The van der Waals surface area contributed by atoms with Crippen molar-refractivity contribution < 1.29 is 4.74 Å². The van der Waals surface area contributed by atoms with Crippen molar-refractivity contribution in [2.24, 2.45) is 0 Å². The van der Waals surface area contributed by atoms with E-state index in [1.165, 1.54) is 49.9 Å². The third-order valence-corrected chi connectivity index (χ3v) is 6.64. The number of ether oxygens (including phenoxy) is 1. The van der Waals surface area contributed by atoms with E-state index in [0.717, 1.165) is 27.9 Å². The van der Waals surface area contributed by atoms with Crippen LogP contribution in [-0.2, 0) is 11.3 Å². The lowest BCUT2D eigenvalue weighted by Crippen LogP contribution is -2.40. The number of methoxy groups -OCH3 is 1. The molecule has 0 amide bonds. The standard InChI is InChI=1S/C22H26N4OS/c1-27-13-19-24-21(23-16-9-11-26(12-10-16)17-7-8-17)20-18(14-28-22(20)25-19)15-5-3-2-4-6-15/h2-6,14,16-17H,7-13H2,1H3,(H,23,24,25). The normalized spacial score (nSPS) is 18.6. The minimum Gasteiger partial charge on any atom is -0.377 e. The predicted molar refractivity (Wildman–Crippen MR) is 115 cm³/mol. The van der Waals surface area contributed by atoms with Crippen molar-refractivity contribution in [3.05, 3.63) is 41.5 Å². The monoisotopic (exact) mass is 394 g/mol. The van der Waals surface area contributed by atoms with Crippen LogP contribution < -0.4 is 5.32 Å². The minimum atomic E-state index is 0.434. The van der Waals surface area contributed by atoms with Crippen LogP contribution in [0, 0.1) is 0 Å². The summed E-state index contributed by atoms with van der Waals surface area (Å²) >= 11 is 1.68. The van der Waals surface area contributed by atoms with Crippen LogP contribution in [0.3, 0.4) is 0 Å². The number of nitrogens with one attached hydrogen (secondary N) is 1. The van der Waals surface area contributed by atoms with Crippen molar-refractivity contribution in [1.82, 2.24) is 14.9 Å². The van der Waals surface area contributed by atoms with Crippen LogP contribution in [0.5, 0.6) is 0 Å². The van der Waals surface area contributed by atoms with Crippen LogP contribution in [0.25, 0.3) is 21.3 Å². The molecule has 1 aliphatic heterocycles. The first-order valence-electron chi connectivity index (χ1n) is 10.1. The number of nitrogens with zero attached hydrogens (tertiary/aromatic N) is 3. The Morgan fingerprint density at radius 1 is 1.11 bits per heavy atom. The number of hydrogen-bond acceptors (Lipinski definition) is 6. The summed E-state index contributed by atoms with van der Waals surface area (Å²) in [6.45, 7) is 2.82. The fraction of sp³-hybridized carbons (Fsp3) is 0.455. The molecule has 5 rings (SSSR count). The number of anilines is 1. The molecule has 3 heterocycles. The summed E-state index contributed by atoms with van der Waals surface area (Å²) in [5, 5.41) is 7.11. The second-order valence-electron chi connectivity index (χ2n) is 7.80. The number of fused-ring (bicyclic) bond motifs is 1. The number of aromatic nitrogens is 2. The lowest BCUT2D eigenvalue weighted by atomic mass is 10.0. The lowest BCUT2D eigenvalue weighted by Gasteiger charge is -2.32. The van der Waals surface area contributed by atoms with Crippen molar-refractivity contribution in [2.45, 2.75) is 44.4 Å². The number of piperidine rings is 1. The first-order chi connectivity index (χ1) is 13.8. The molecule has 3 aromatic rings. The first-order valence-corrected chi connectivity index (χ1v) is 11.0. The molecule has 0 bridgehead atoms. The van der Waals surface area contributed by atoms with Crippen molar-refractivity contribution in [2.75, 3.05) is 25.5 Å². The summed E-state index contributed by atoms with van der Waals surface area (Å²) in [7, 11) is 1.69. The molecule has 1 saturated heterocycles. The van der Waals surface area contributed by atoms with Gasteiger partial charge in [-0.2, -0.15) is 0 Å². The molecule has 5 nitrogen and oxygen atoms in total. The largest absolute Gasteiger partial charge is 0.377 e. The number of hydrogen-bond donors (Lipinski definition) is 1. The molecule has 2 aromatic heterocycles. The molecule has 2 fully saturated rings. The van der Waals surface area contributed by atoms with Crippen LogP contribution in [0.1, 0.15) is 31.5 Å². The van der Waals surface area contributed by atoms with Gasteiger partial charge < -0.3 is 15.0 Å². The molecule has 6 heteroatoms. The number of thiophene rings is 1. The second kappa shape index (κ2) is 7.78. The zero-order chi connectivity index (χ0) is 18.9. The van der Waals surface area contributed by atoms with Gasteiger partial charge in [0.25, 0.3) is 0 Å². The van der Waals surface area contributed by atoms with Gasteiger partial charge in [-0.25, -0.2) is 9.97 Å². The van der Waals surface area contributed by atoms with Gasteiger partial charge in [0.2, 0.25) is 0 Å². The SMILES string of the molecule is COCc1nc(NC2CCN(C3CC3)CC2)c2c(-c3ccccc3)csc2n1. The average Bonchev–Trinajstić information content (AvgIpc) is 3.49. The van der Waals surface area contributed by atoms with Crippen molar-refractivity contribution in [3.8, 4) is 11.1 Å². The Morgan fingerprint density at radius 2 is 1.89 bits per heavy atom. The van der Waals surface area contributed by atoms with Crippen molar-refractivity contribution in [3.63, 3.8) is 0 Å². The first kappa shape index (κ1) is 18.0. The van der Waals surface area contributed by atoms with Gasteiger partial charge in [-0.05, 0) is 31.2 Å². The molecule has 146 valence electrons. The van der Waals surface area contributed by atoms with E-state index in [1.807, 2.05) is 0 Å². The van der Waals surface area contributed by atoms with E-state index in [4.69, 9.17) is 14.7 Å². The van der Waals surface area contributed by atoms with E-state index >= 15 is 0 Å². The quantitative estimate of drug-likeness (QED) is 0.665. The Labute approximate surface area is 169 Å². The Morgan fingerprint density at radius 3 is 2.61 bits per heavy atom. The average molecular weight is 395 g/mol. The van der Waals surface area contributed by atoms with Gasteiger partial charge >= 0.3 is 0 Å². The van der Waals surface area contributed by atoms with Crippen LogP contribution in [0.2, 0.25) is 0 Å². The lowest BCUT2D eigenvalue weighted by molar-refractivity contribution is 0.178. The Kier molecular flexibility index (Phi) is 5.01. The summed E-state index contributed by atoms with van der Waals surface area (Å²) in [4.78, 5) is 13.3. The summed E-state index contributed by atoms with van der Waals surface area (Å²) in [6, 6.07) is 11.9. The van der Waals surface area contributed by atoms with E-state index in [9.17, 15) is 0 Å². The molecule has 0 radical (unpaired) electrons. The maximum atomic E-state index is 5.31. The predicted octanol–water partition coefficient (Wildman–Crippen LogP) is 4.54. The van der Waals surface area contributed by atoms with Gasteiger partial charge in [0.15, 0.2) is 5.82 Å². The summed E-state index contributed by atoms with van der Waals surface area (Å²) < 4.78 is 5.31. The highest BCUT2D eigenvalue weighted by molar-refractivity contribution is 7.17. The zero-order valence-electron chi connectivity index (χ0n) is 16.2. The van der Waals surface area contributed by atoms with Gasteiger partial charge in [0, 0.05) is 43.2 Å². The van der Waals surface area contributed by atoms with E-state index in [0.29, 0.717) is 12.6 Å². The molecule has 0 unspecified atom stereocenters. The number of benzene rings is 1. The number of likely N-dealkylation sites (tertiary alicyclic amines) is 1. The van der Waals surface area contributed by atoms with E-state index in [-0.39, 0.29) is 0 Å². The highest BCUT2D eigenvalue weighted by Gasteiger charge is 2.32. The highest BCUT2D eigenvalue weighted by Crippen LogP contribution is 2.38. The van der Waals surface area contributed by atoms with Crippen LogP contribution in [0.15, 0.2) is 35.7 Å². The fourth-order valence-corrected chi connectivity index (χ4v) is 5.12. The molecule has 1 aliphatic carbocycles. The zero-order valence-corrected chi connectivity index (χ0v) is 17.0. The Bertz CT molecular complexity index is 946. The molecule has 0 spiro atoms. The minimum absolute atomic E-state index is 0.434. The van der Waals surface area contributed by atoms with Gasteiger partial charge in [-0.15, -0.1) is 11.3 Å². The van der Waals surface area contributed by atoms with Crippen molar-refractivity contribution in [1.29, 1.82) is 0 Å². The Balaban J connectivity index is 1.47. The van der Waals surface area contributed by atoms with Crippen LogP contribution in [-0.4, -0.2) is 47.2 Å². The maximum Gasteiger partial charge on any atom is 0.158 e. The molecule has 28 heavy (non-hydrogen) atoms. The fourth-order valence-electron chi connectivity index (χ4n) is 4.16. The van der Waals surface area contributed by atoms with Gasteiger partial charge in [-0.3, -0.25) is 0 Å². The molecular formula is C22H26N4OS. The van der Waals surface area contributed by atoms with Crippen LogP contribution in [0.4, 0.5) is 5.82 Å². The molecule has 0 atom stereocenters. The molecular weight excluding hydrogens is 368 g/mol. The molecule has 2 aliphatic rings. The van der Waals surface area contributed by atoms with E-state index in [1.54, 1.807) is 18.4 Å². The number of rotatable bonds is 6. The second-order valence-corrected chi connectivity index (χ2v) is 8.66. The van der Waals surface area contributed by atoms with Gasteiger partial charge in [-0.1, -0.05) is 30.3 Å². The molecule has 1 saturated carbocycles.